The lowest BCUT2D eigenvalue weighted by molar-refractivity contribution is 0.122. The lowest BCUT2D eigenvalue weighted by atomic mass is 10.0. The van der Waals surface area contributed by atoms with E-state index in [9.17, 15) is 0 Å². The first kappa shape index (κ1) is 16.7. The Bertz CT molecular complexity index is 447. The molecule has 1 unspecified atom stereocenters. The smallest absolute Gasteiger partial charge is 0.185 e. The van der Waals surface area contributed by atoms with Crippen molar-refractivity contribution >= 4 is 16.5 Å². The van der Waals surface area contributed by atoms with E-state index in [1.165, 1.54) is 15.7 Å². The first-order chi connectivity index (χ1) is 9.90. The molecular weight excluding hydrogens is 282 g/mol. The van der Waals surface area contributed by atoms with Crippen LogP contribution >= 0.6 is 11.3 Å². The van der Waals surface area contributed by atoms with Crippen LogP contribution in [0, 0.1) is 0 Å². The van der Waals surface area contributed by atoms with E-state index >= 15 is 0 Å². The Kier molecular flexibility index (Phi) is 5.63. The molecule has 1 saturated heterocycles. The highest BCUT2D eigenvalue weighted by Gasteiger charge is 2.21. The highest BCUT2D eigenvalue weighted by molar-refractivity contribution is 7.15. The van der Waals surface area contributed by atoms with Gasteiger partial charge in [-0.3, -0.25) is 0 Å². The predicted octanol–water partition coefficient (Wildman–Crippen LogP) is 3.38. The Hall–Kier alpha value is -0.650. The van der Waals surface area contributed by atoms with Gasteiger partial charge in [-0.15, -0.1) is 11.3 Å². The summed E-state index contributed by atoms with van der Waals surface area (Å²) in [6.07, 6.45) is 1.13. The molecule has 0 bridgehead atoms. The second-order valence-corrected chi connectivity index (χ2v) is 7.88. The predicted molar refractivity (Wildman–Crippen MR) is 90.4 cm³/mol. The van der Waals surface area contributed by atoms with Crippen molar-refractivity contribution in [1.29, 1.82) is 0 Å². The van der Waals surface area contributed by atoms with Crippen LogP contribution in [0.15, 0.2) is 0 Å². The zero-order valence-electron chi connectivity index (χ0n) is 14.0. The minimum Gasteiger partial charge on any atom is -0.378 e. The Morgan fingerprint density at radius 1 is 1.33 bits per heavy atom. The van der Waals surface area contributed by atoms with E-state index in [1.807, 2.05) is 11.3 Å². The molecule has 1 fully saturated rings. The topological polar surface area (TPSA) is 37.4 Å². The fourth-order valence-corrected chi connectivity index (χ4v) is 3.46. The van der Waals surface area contributed by atoms with Crippen molar-refractivity contribution in [2.75, 3.05) is 31.2 Å². The monoisotopic (exact) mass is 311 g/mol. The van der Waals surface area contributed by atoms with Gasteiger partial charge in [-0.25, -0.2) is 4.98 Å². The first-order valence-electron chi connectivity index (χ1n) is 7.98. The van der Waals surface area contributed by atoms with Crippen molar-refractivity contribution in [3.8, 4) is 0 Å². The van der Waals surface area contributed by atoms with Gasteiger partial charge in [-0.2, -0.15) is 0 Å². The van der Waals surface area contributed by atoms with E-state index in [0.29, 0.717) is 5.92 Å². The quantitative estimate of drug-likeness (QED) is 0.904. The summed E-state index contributed by atoms with van der Waals surface area (Å²) >= 11 is 1.85. The third kappa shape index (κ3) is 4.66. The summed E-state index contributed by atoms with van der Waals surface area (Å²) in [5.41, 5.74) is 1.41. The number of aromatic nitrogens is 1. The molecular formula is C16H29N3OS. The maximum Gasteiger partial charge on any atom is 0.185 e. The molecule has 2 heterocycles. The van der Waals surface area contributed by atoms with Gasteiger partial charge in [0.2, 0.25) is 0 Å². The Balaban J connectivity index is 2.17. The van der Waals surface area contributed by atoms with Gasteiger partial charge in [-0.05, 0) is 33.1 Å². The van der Waals surface area contributed by atoms with Crippen molar-refractivity contribution in [1.82, 2.24) is 10.3 Å². The highest BCUT2D eigenvalue weighted by atomic mass is 32.1. The van der Waals surface area contributed by atoms with Gasteiger partial charge in [-0.1, -0.05) is 13.8 Å². The average Bonchev–Trinajstić information content (AvgIpc) is 2.89. The van der Waals surface area contributed by atoms with Gasteiger partial charge in [0.25, 0.3) is 0 Å². The van der Waals surface area contributed by atoms with Crippen LogP contribution in [0.1, 0.15) is 57.5 Å². The number of thiazole rings is 1. The second-order valence-electron chi connectivity index (χ2n) is 6.82. The minimum atomic E-state index is 0.135. The molecule has 0 saturated carbocycles. The molecule has 5 heteroatoms. The van der Waals surface area contributed by atoms with Gasteiger partial charge in [0.1, 0.15) is 0 Å². The van der Waals surface area contributed by atoms with Crippen LogP contribution in [0.5, 0.6) is 0 Å². The van der Waals surface area contributed by atoms with Crippen LogP contribution in [0.25, 0.3) is 0 Å². The van der Waals surface area contributed by atoms with Gasteiger partial charge >= 0.3 is 0 Å². The number of hydrogen-bond donors (Lipinski definition) is 1. The number of ether oxygens (including phenoxy) is 1. The fraction of sp³-hybridized carbons (Fsp3) is 0.812. The maximum atomic E-state index is 5.44. The molecule has 0 amide bonds. The summed E-state index contributed by atoms with van der Waals surface area (Å²) in [5, 5.41) is 4.77. The summed E-state index contributed by atoms with van der Waals surface area (Å²) in [6.45, 7) is 15.6. The van der Waals surface area contributed by atoms with Gasteiger partial charge in [0.05, 0.1) is 18.9 Å². The van der Waals surface area contributed by atoms with Crippen LogP contribution in [-0.4, -0.2) is 36.8 Å². The molecule has 0 aromatic carbocycles. The normalized spacial score (nSPS) is 18.0. The van der Waals surface area contributed by atoms with Gasteiger partial charge < -0.3 is 15.0 Å². The average molecular weight is 311 g/mol. The molecule has 1 aromatic rings. The zero-order valence-corrected chi connectivity index (χ0v) is 14.8. The van der Waals surface area contributed by atoms with Gasteiger partial charge in [0, 0.05) is 30.1 Å². The molecule has 1 aliphatic rings. The highest BCUT2D eigenvalue weighted by Crippen LogP contribution is 2.32. The lowest BCUT2D eigenvalue weighted by Crippen LogP contribution is -2.36. The Labute approximate surface area is 132 Å². The van der Waals surface area contributed by atoms with E-state index < -0.39 is 0 Å². The number of hydrogen-bond acceptors (Lipinski definition) is 5. The van der Waals surface area contributed by atoms with Crippen LogP contribution in [-0.2, 0) is 11.3 Å². The first-order valence-corrected chi connectivity index (χ1v) is 8.79. The summed E-state index contributed by atoms with van der Waals surface area (Å²) in [5.74, 6) is 0.521. The summed E-state index contributed by atoms with van der Waals surface area (Å²) < 4.78 is 5.44. The minimum absolute atomic E-state index is 0.135. The van der Waals surface area contributed by atoms with Crippen LogP contribution < -0.4 is 10.2 Å². The summed E-state index contributed by atoms with van der Waals surface area (Å²) in [4.78, 5) is 8.71. The third-order valence-electron chi connectivity index (χ3n) is 3.86. The summed E-state index contributed by atoms with van der Waals surface area (Å²) in [6, 6.07) is 0. The molecule has 21 heavy (non-hydrogen) atoms. The van der Waals surface area contributed by atoms with Crippen molar-refractivity contribution in [3.05, 3.63) is 10.6 Å². The van der Waals surface area contributed by atoms with Crippen LogP contribution in [0.4, 0.5) is 5.13 Å². The molecule has 0 aliphatic carbocycles. The fourth-order valence-electron chi connectivity index (χ4n) is 2.29. The molecule has 1 N–H and O–H groups in total. The Morgan fingerprint density at radius 3 is 2.57 bits per heavy atom. The van der Waals surface area contributed by atoms with E-state index in [2.05, 4.69) is 44.8 Å². The van der Waals surface area contributed by atoms with Crippen molar-refractivity contribution in [2.24, 2.45) is 0 Å². The van der Waals surface area contributed by atoms with Crippen molar-refractivity contribution in [2.45, 2.75) is 59.0 Å². The number of rotatable bonds is 5. The summed E-state index contributed by atoms with van der Waals surface area (Å²) in [7, 11) is 0. The van der Waals surface area contributed by atoms with Gasteiger partial charge in [0.15, 0.2) is 5.13 Å². The van der Waals surface area contributed by atoms with E-state index in [-0.39, 0.29) is 5.54 Å². The molecule has 1 atom stereocenters. The molecule has 1 aliphatic heterocycles. The van der Waals surface area contributed by atoms with Crippen LogP contribution in [0.2, 0.25) is 0 Å². The van der Waals surface area contributed by atoms with E-state index in [4.69, 9.17) is 9.72 Å². The molecule has 0 radical (unpaired) electrons. The molecule has 0 spiro atoms. The second kappa shape index (κ2) is 7.07. The Morgan fingerprint density at radius 2 is 2.00 bits per heavy atom. The number of nitrogens with one attached hydrogen (secondary N) is 1. The molecule has 2 rings (SSSR count). The molecule has 120 valence electrons. The molecule has 1 aromatic heterocycles. The third-order valence-corrected chi connectivity index (χ3v) is 4.99. The standard InChI is InChI=1S/C16H29N3OS/c1-6-12(2)14-13(11-17-16(3,4)5)21-15(18-14)19-7-9-20-10-8-19/h12,17H,6-11H2,1-5H3. The largest absolute Gasteiger partial charge is 0.378 e. The van der Waals surface area contributed by atoms with E-state index in [0.717, 1.165) is 39.3 Å². The zero-order chi connectivity index (χ0) is 15.5. The number of anilines is 1. The molecule has 4 nitrogen and oxygen atoms in total. The van der Waals surface area contributed by atoms with E-state index in [1.54, 1.807) is 0 Å². The van der Waals surface area contributed by atoms with Crippen molar-refractivity contribution in [3.63, 3.8) is 0 Å². The maximum absolute atomic E-state index is 5.44. The van der Waals surface area contributed by atoms with Crippen LogP contribution in [0.3, 0.4) is 0 Å². The number of morpholine rings is 1. The number of nitrogens with zero attached hydrogens (tertiary/aromatic N) is 2. The van der Waals surface area contributed by atoms with Crippen molar-refractivity contribution < 1.29 is 4.74 Å². The SMILES string of the molecule is CCC(C)c1nc(N2CCOCC2)sc1CNC(C)(C)C. The lowest BCUT2D eigenvalue weighted by Gasteiger charge is -2.26.